The molecule has 2 N–H and O–H groups in total. The molecule has 0 aliphatic carbocycles. The molecule has 1 fully saturated rings. The fourth-order valence-corrected chi connectivity index (χ4v) is 3.37. The van der Waals surface area contributed by atoms with E-state index in [1.54, 1.807) is 6.20 Å². The highest BCUT2D eigenvalue weighted by Crippen LogP contribution is 2.27. The Labute approximate surface area is 133 Å². The van der Waals surface area contributed by atoms with E-state index < -0.39 is 5.54 Å². The maximum atomic E-state index is 12.4. The van der Waals surface area contributed by atoms with Crippen molar-refractivity contribution in [3.63, 3.8) is 0 Å². The molecule has 0 saturated carbocycles. The molecular weight excluding hydrogens is 296 g/mol. The van der Waals surface area contributed by atoms with Crippen molar-refractivity contribution in [2.75, 3.05) is 13.1 Å². The molecule has 22 heavy (non-hydrogen) atoms. The number of hydrogen-bond donors (Lipinski definition) is 2. The molecule has 2 heterocycles. The van der Waals surface area contributed by atoms with Crippen LogP contribution in [0.15, 0.2) is 36.5 Å². The number of carbonyl (C=O) groups is 1. The van der Waals surface area contributed by atoms with Crippen LogP contribution < -0.4 is 10.6 Å². The molecule has 0 spiro atoms. The van der Waals surface area contributed by atoms with E-state index in [2.05, 4.69) is 21.7 Å². The van der Waals surface area contributed by atoms with Gasteiger partial charge < -0.3 is 10.6 Å². The molecule has 0 unspecified atom stereocenters. The third-order valence-corrected chi connectivity index (χ3v) is 5.04. The van der Waals surface area contributed by atoms with Crippen molar-refractivity contribution in [1.82, 2.24) is 15.6 Å². The van der Waals surface area contributed by atoms with Gasteiger partial charge in [-0.15, -0.1) is 11.3 Å². The smallest absolute Gasteiger partial charge is 0.281 e. The summed E-state index contributed by atoms with van der Waals surface area (Å²) in [5.41, 5.74) is 0.181. The zero-order valence-corrected chi connectivity index (χ0v) is 13.0. The fourth-order valence-electron chi connectivity index (χ4n) is 2.55. The van der Waals surface area contributed by atoms with Gasteiger partial charge in [-0.3, -0.25) is 4.79 Å². The predicted octanol–water partition coefficient (Wildman–Crippen LogP) is 2.04. The van der Waals surface area contributed by atoms with Crippen LogP contribution in [0.2, 0.25) is 0 Å². The van der Waals surface area contributed by atoms with Crippen LogP contribution in [0.1, 0.15) is 16.7 Å². The van der Waals surface area contributed by atoms with E-state index in [-0.39, 0.29) is 11.8 Å². The first-order chi connectivity index (χ1) is 10.6. The number of benzene rings is 1. The zero-order chi connectivity index (χ0) is 15.6. The minimum absolute atomic E-state index is 0.0648. The van der Waals surface area contributed by atoms with Gasteiger partial charge in [0.2, 0.25) is 0 Å². The molecule has 112 valence electrons. The van der Waals surface area contributed by atoms with Gasteiger partial charge in [0.05, 0.1) is 10.9 Å². The molecule has 3 rings (SSSR count). The lowest BCUT2D eigenvalue weighted by Gasteiger charge is -2.25. The van der Waals surface area contributed by atoms with Crippen molar-refractivity contribution < 1.29 is 4.79 Å². The van der Waals surface area contributed by atoms with Gasteiger partial charge in [0.1, 0.15) is 5.54 Å². The first-order valence-corrected chi connectivity index (χ1v) is 7.92. The third-order valence-electron chi connectivity index (χ3n) is 3.99. The minimum atomic E-state index is -0.852. The Morgan fingerprint density at radius 3 is 2.91 bits per heavy atom. The molecule has 1 aliphatic heterocycles. The predicted molar refractivity (Wildman–Crippen MR) is 85.4 cm³/mol. The van der Waals surface area contributed by atoms with Gasteiger partial charge in [-0.2, -0.15) is 5.26 Å². The highest BCUT2D eigenvalue weighted by atomic mass is 32.1. The Kier molecular flexibility index (Phi) is 3.92. The summed E-state index contributed by atoms with van der Waals surface area (Å²) in [6.07, 6.45) is 1.70. The number of nitriles is 1. The summed E-state index contributed by atoms with van der Waals surface area (Å²) in [4.78, 5) is 17.6. The third kappa shape index (κ3) is 2.61. The van der Waals surface area contributed by atoms with E-state index in [0.717, 1.165) is 17.0 Å². The van der Waals surface area contributed by atoms with Gasteiger partial charge in [0.25, 0.3) is 5.91 Å². The van der Waals surface area contributed by atoms with Crippen molar-refractivity contribution in [3.05, 3.63) is 41.5 Å². The number of thiazole rings is 1. The standard InChI is InChI=1S/C16H16N4OS/c1-11-7-18-10-16(11,9-17)20-14(21)15-19-8-13(22-15)12-5-3-2-4-6-12/h2-6,8,11,18H,7,10H2,1H3,(H,20,21)/t11-,16-/m1/s1. The van der Waals surface area contributed by atoms with E-state index in [1.165, 1.54) is 11.3 Å². The number of aromatic nitrogens is 1. The largest absolute Gasteiger partial charge is 0.330 e. The number of rotatable bonds is 3. The second-order valence-corrected chi connectivity index (χ2v) is 6.50. The summed E-state index contributed by atoms with van der Waals surface area (Å²) in [6.45, 7) is 3.15. The Morgan fingerprint density at radius 1 is 1.50 bits per heavy atom. The summed E-state index contributed by atoms with van der Waals surface area (Å²) >= 11 is 1.33. The Balaban J connectivity index is 1.79. The molecule has 1 saturated heterocycles. The summed E-state index contributed by atoms with van der Waals surface area (Å²) in [5.74, 6) is -0.223. The number of nitrogens with one attached hydrogen (secondary N) is 2. The SMILES string of the molecule is C[C@@H]1CNC[C@@]1(C#N)NC(=O)c1ncc(-c2ccccc2)s1. The van der Waals surface area contributed by atoms with Gasteiger partial charge in [0.15, 0.2) is 5.01 Å². The summed E-state index contributed by atoms with van der Waals surface area (Å²) in [7, 11) is 0. The molecule has 1 aromatic heterocycles. The molecule has 5 nitrogen and oxygen atoms in total. The average molecular weight is 312 g/mol. The minimum Gasteiger partial charge on any atom is -0.330 e. The number of nitrogens with zero attached hydrogens (tertiary/aromatic N) is 2. The van der Waals surface area contributed by atoms with E-state index >= 15 is 0 Å². The molecule has 2 atom stereocenters. The first-order valence-electron chi connectivity index (χ1n) is 7.10. The number of amides is 1. The highest BCUT2D eigenvalue weighted by molar-refractivity contribution is 7.17. The van der Waals surface area contributed by atoms with Crippen molar-refractivity contribution >= 4 is 17.2 Å². The molecule has 1 amide bonds. The van der Waals surface area contributed by atoms with Crippen LogP contribution in [0.3, 0.4) is 0 Å². The van der Waals surface area contributed by atoms with E-state index in [0.29, 0.717) is 11.6 Å². The van der Waals surface area contributed by atoms with Crippen LogP contribution in [-0.4, -0.2) is 29.5 Å². The zero-order valence-electron chi connectivity index (χ0n) is 12.2. The van der Waals surface area contributed by atoms with Crippen LogP contribution in [-0.2, 0) is 0 Å². The molecule has 2 aromatic rings. The monoisotopic (exact) mass is 312 g/mol. The van der Waals surface area contributed by atoms with Gasteiger partial charge in [-0.1, -0.05) is 37.3 Å². The number of carbonyl (C=O) groups excluding carboxylic acids is 1. The Hall–Kier alpha value is -2.23. The maximum Gasteiger partial charge on any atom is 0.281 e. The van der Waals surface area contributed by atoms with Gasteiger partial charge in [0, 0.05) is 25.2 Å². The van der Waals surface area contributed by atoms with Gasteiger partial charge >= 0.3 is 0 Å². The second-order valence-electron chi connectivity index (χ2n) is 5.46. The second kappa shape index (κ2) is 5.87. The maximum absolute atomic E-state index is 12.4. The quantitative estimate of drug-likeness (QED) is 0.909. The van der Waals surface area contributed by atoms with Gasteiger partial charge in [-0.25, -0.2) is 4.98 Å². The molecule has 6 heteroatoms. The van der Waals surface area contributed by atoms with Crippen LogP contribution >= 0.6 is 11.3 Å². The van der Waals surface area contributed by atoms with E-state index in [1.807, 2.05) is 37.3 Å². The lowest BCUT2D eigenvalue weighted by atomic mass is 9.90. The summed E-state index contributed by atoms with van der Waals surface area (Å²) in [5, 5.41) is 15.8. The van der Waals surface area contributed by atoms with E-state index in [4.69, 9.17) is 0 Å². The molecule has 0 bridgehead atoms. The Bertz CT molecular complexity index is 721. The first kappa shape index (κ1) is 14.7. The molecule has 1 aromatic carbocycles. The Morgan fingerprint density at radius 2 is 2.27 bits per heavy atom. The molecule has 1 aliphatic rings. The summed E-state index contributed by atoms with van der Waals surface area (Å²) in [6, 6.07) is 12.1. The van der Waals surface area contributed by atoms with Gasteiger partial charge in [-0.05, 0) is 5.56 Å². The summed E-state index contributed by atoms with van der Waals surface area (Å²) < 4.78 is 0. The van der Waals surface area contributed by atoms with Crippen molar-refractivity contribution in [3.8, 4) is 16.5 Å². The van der Waals surface area contributed by atoms with Crippen molar-refractivity contribution in [2.45, 2.75) is 12.5 Å². The van der Waals surface area contributed by atoms with Crippen LogP contribution in [0, 0.1) is 17.2 Å². The fraction of sp³-hybridized carbons (Fsp3) is 0.312. The van der Waals surface area contributed by atoms with Crippen LogP contribution in [0.5, 0.6) is 0 Å². The lowest BCUT2D eigenvalue weighted by Crippen LogP contribution is -2.52. The number of hydrogen-bond acceptors (Lipinski definition) is 5. The topological polar surface area (TPSA) is 77.8 Å². The van der Waals surface area contributed by atoms with Crippen molar-refractivity contribution in [2.24, 2.45) is 5.92 Å². The van der Waals surface area contributed by atoms with Crippen molar-refractivity contribution in [1.29, 1.82) is 5.26 Å². The van der Waals surface area contributed by atoms with E-state index in [9.17, 15) is 10.1 Å². The normalized spacial score (nSPS) is 23.9. The lowest BCUT2D eigenvalue weighted by molar-refractivity contribution is 0.0912. The highest BCUT2D eigenvalue weighted by Gasteiger charge is 2.42. The average Bonchev–Trinajstić information content (AvgIpc) is 3.16. The molecular formula is C16H16N4OS. The van der Waals surface area contributed by atoms with Crippen LogP contribution in [0.25, 0.3) is 10.4 Å². The van der Waals surface area contributed by atoms with Crippen LogP contribution in [0.4, 0.5) is 0 Å². The molecule has 0 radical (unpaired) electrons.